The second kappa shape index (κ2) is 12.1. The van der Waals surface area contributed by atoms with Gasteiger partial charge in [-0.3, -0.25) is 9.79 Å². The van der Waals surface area contributed by atoms with Crippen molar-refractivity contribution in [1.82, 2.24) is 20.5 Å². The van der Waals surface area contributed by atoms with Gasteiger partial charge < -0.3 is 20.3 Å². The van der Waals surface area contributed by atoms with Gasteiger partial charge in [-0.15, -0.1) is 35.3 Å². The quantitative estimate of drug-likeness (QED) is 0.342. The first kappa shape index (κ1) is 23.6. The number of ether oxygens (including phenoxy) is 1. The fraction of sp³-hybridized carbons (Fsp3) is 0.450. The number of halogens is 1. The molecule has 1 aromatic carbocycles. The molecule has 1 saturated heterocycles. The van der Waals surface area contributed by atoms with E-state index in [1.165, 1.54) is 4.88 Å². The van der Waals surface area contributed by atoms with Gasteiger partial charge in [0.2, 0.25) is 5.91 Å². The zero-order valence-corrected chi connectivity index (χ0v) is 19.9. The molecule has 1 unspecified atom stereocenters. The number of aryl methyl sites for hydroxylation is 1. The Bertz CT molecular complexity index is 793. The summed E-state index contributed by atoms with van der Waals surface area (Å²) < 4.78 is 5.38. The first-order chi connectivity index (χ1) is 13.7. The maximum absolute atomic E-state index is 13.1. The molecule has 1 aliphatic rings. The maximum atomic E-state index is 13.1. The number of aromatic nitrogens is 1. The molecule has 2 heterocycles. The van der Waals surface area contributed by atoms with Crippen LogP contribution in [0, 0.1) is 6.92 Å². The Morgan fingerprint density at radius 1 is 1.28 bits per heavy atom. The molecule has 158 valence electrons. The highest BCUT2D eigenvalue weighted by atomic mass is 127. The highest BCUT2D eigenvalue weighted by Gasteiger charge is 2.27. The van der Waals surface area contributed by atoms with Crippen LogP contribution < -0.4 is 10.6 Å². The van der Waals surface area contributed by atoms with E-state index in [9.17, 15) is 4.79 Å². The fourth-order valence-corrected chi connectivity index (χ4v) is 3.83. The van der Waals surface area contributed by atoms with E-state index in [1.807, 2.05) is 48.4 Å². The number of benzene rings is 1. The number of aliphatic imine (C=N–C) groups is 1. The lowest BCUT2D eigenvalue weighted by molar-refractivity contribution is -0.136. The molecule has 0 saturated carbocycles. The molecule has 9 heteroatoms. The molecule has 0 bridgehead atoms. The molecular weight excluding hydrogens is 501 g/mol. The molecule has 3 rings (SSSR count). The molecule has 2 N–H and O–H groups in total. The monoisotopic (exact) mass is 529 g/mol. The van der Waals surface area contributed by atoms with Crippen molar-refractivity contribution in [3.63, 3.8) is 0 Å². The SMILES string of the molecule is CN=C(NCc1ncc(C)s1)NCC(C(=O)N1CCOCC1)c1ccccc1.I. The largest absolute Gasteiger partial charge is 0.378 e. The Morgan fingerprint density at radius 3 is 2.62 bits per heavy atom. The maximum Gasteiger partial charge on any atom is 0.232 e. The highest BCUT2D eigenvalue weighted by molar-refractivity contribution is 14.0. The van der Waals surface area contributed by atoms with Gasteiger partial charge in [-0.05, 0) is 12.5 Å². The second-order valence-electron chi connectivity index (χ2n) is 6.57. The molecule has 0 radical (unpaired) electrons. The molecule has 29 heavy (non-hydrogen) atoms. The van der Waals surface area contributed by atoms with E-state index in [4.69, 9.17) is 4.74 Å². The lowest BCUT2D eigenvalue weighted by atomic mass is 9.97. The zero-order valence-electron chi connectivity index (χ0n) is 16.8. The highest BCUT2D eigenvalue weighted by Crippen LogP contribution is 2.19. The average molecular weight is 529 g/mol. The van der Waals surface area contributed by atoms with Crippen LogP contribution in [0.4, 0.5) is 0 Å². The number of nitrogens with zero attached hydrogens (tertiary/aromatic N) is 3. The van der Waals surface area contributed by atoms with Gasteiger partial charge in [0.1, 0.15) is 5.01 Å². The van der Waals surface area contributed by atoms with Crippen LogP contribution in [0.25, 0.3) is 0 Å². The summed E-state index contributed by atoms with van der Waals surface area (Å²) in [5.41, 5.74) is 0.998. The molecule has 2 aromatic rings. The van der Waals surface area contributed by atoms with Crippen molar-refractivity contribution in [3.8, 4) is 0 Å². The number of nitrogens with one attached hydrogen (secondary N) is 2. The van der Waals surface area contributed by atoms with Crippen LogP contribution >= 0.6 is 35.3 Å². The molecule has 1 fully saturated rings. The van der Waals surface area contributed by atoms with E-state index < -0.39 is 0 Å². The Hall–Kier alpha value is -1.72. The van der Waals surface area contributed by atoms with E-state index in [2.05, 4.69) is 20.6 Å². The fourth-order valence-electron chi connectivity index (χ4n) is 3.10. The Morgan fingerprint density at radius 2 is 2.00 bits per heavy atom. The standard InChI is InChI=1S/C20H27N5O2S.HI/c1-15-12-22-18(28-15)14-24-20(21-2)23-13-17(16-6-4-3-5-7-16)19(26)25-8-10-27-11-9-25;/h3-7,12,17H,8-11,13-14H2,1-2H3,(H2,21,23,24);1H. The summed E-state index contributed by atoms with van der Waals surface area (Å²) in [7, 11) is 1.73. The Labute approximate surface area is 193 Å². The van der Waals surface area contributed by atoms with Crippen molar-refractivity contribution in [3.05, 3.63) is 52.0 Å². The van der Waals surface area contributed by atoms with Crippen molar-refractivity contribution < 1.29 is 9.53 Å². The molecule has 1 amide bonds. The van der Waals surface area contributed by atoms with Crippen molar-refractivity contribution in [1.29, 1.82) is 0 Å². The first-order valence-electron chi connectivity index (χ1n) is 9.44. The number of hydrogen-bond acceptors (Lipinski definition) is 5. The molecule has 1 aromatic heterocycles. The van der Waals surface area contributed by atoms with E-state index >= 15 is 0 Å². The van der Waals surface area contributed by atoms with Gasteiger partial charge in [-0.2, -0.15) is 0 Å². The Balaban J connectivity index is 0.00000300. The minimum Gasteiger partial charge on any atom is -0.378 e. The van der Waals surface area contributed by atoms with Gasteiger partial charge >= 0.3 is 0 Å². The average Bonchev–Trinajstić information content (AvgIpc) is 3.16. The van der Waals surface area contributed by atoms with Gasteiger partial charge in [0.25, 0.3) is 0 Å². The summed E-state index contributed by atoms with van der Waals surface area (Å²) in [4.78, 5) is 24.8. The molecule has 1 atom stereocenters. The summed E-state index contributed by atoms with van der Waals surface area (Å²) in [6, 6.07) is 9.89. The number of thiazole rings is 1. The predicted molar refractivity (Wildman–Crippen MR) is 127 cm³/mol. The summed E-state index contributed by atoms with van der Waals surface area (Å²) >= 11 is 1.66. The van der Waals surface area contributed by atoms with Crippen LogP contribution in [0.15, 0.2) is 41.5 Å². The molecule has 0 spiro atoms. The lowest BCUT2D eigenvalue weighted by Crippen LogP contribution is -2.47. The van der Waals surface area contributed by atoms with Crippen LogP contribution in [-0.4, -0.2) is 61.6 Å². The molecule has 7 nitrogen and oxygen atoms in total. The number of carbonyl (C=O) groups is 1. The van der Waals surface area contributed by atoms with Crippen LogP contribution in [0.2, 0.25) is 0 Å². The van der Waals surface area contributed by atoms with Crippen molar-refractivity contribution in [2.45, 2.75) is 19.4 Å². The van der Waals surface area contributed by atoms with E-state index in [1.54, 1.807) is 18.4 Å². The van der Waals surface area contributed by atoms with Gasteiger partial charge in [-0.25, -0.2) is 4.98 Å². The van der Waals surface area contributed by atoms with Gasteiger partial charge in [0.05, 0.1) is 25.7 Å². The van der Waals surface area contributed by atoms with Crippen molar-refractivity contribution >= 4 is 47.2 Å². The van der Waals surface area contributed by atoms with Crippen molar-refractivity contribution in [2.75, 3.05) is 39.9 Å². The van der Waals surface area contributed by atoms with Gasteiger partial charge in [-0.1, -0.05) is 30.3 Å². The third kappa shape index (κ3) is 6.93. The van der Waals surface area contributed by atoms with E-state index in [0.717, 1.165) is 10.6 Å². The van der Waals surface area contributed by atoms with Crippen LogP contribution in [0.5, 0.6) is 0 Å². The number of amides is 1. The van der Waals surface area contributed by atoms with Crippen molar-refractivity contribution in [2.24, 2.45) is 4.99 Å². The lowest BCUT2D eigenvalue weighted by Gasteiger charge is -2.31. The number of rotatable bonds is 6. The summed E-state index contributed by atoms with van der Waals surface area (Å²) in [5, 5.41) is 7.57. The smallest absolute Gasteiger partial charge is 0.232 e. The minimum atomic E-state index is -0.278. The number of hydrogen-bond donors (Lipinski definition) is 2. The zero-order chi connectivity index (χ0) is 19.8. The number of guanidine groups is 1. The first-order valence-corrected chi connectivity index (χ1v) is 10.3. The third-order valence-electron chi connectivity index (χ3n) is 4.60. The van der Waals surface area contributed by atoms with Gasteiger partial charge in [0, 0.05) is 37.8 Å². The van der Waals surface area contributed by atoms with E-state index in [0.29, 0.717) is 45.4 Å². The van der Waals surface area contributed by atoms with Crippen LogP contribution in [-0.2, 0) is 16.1 Å². The predicted octanol–water partition coefficient (Wildman–Crippen LogP) is 2.38. The Kier molecular flexibility index (Phi) is 9.82. The number of morpholine rings is 1. The summed E-state index contributed by atoms with van der Waals surface area (Å²) in [6.45, 7) is 5.57. The number of carbonyl (C=O) groups excluding carboxylic acids is 1. The second-order valence-corrected chi connectivity index (χ2v) is 7.89. The minimum absolute atomic E-state index is 0. The molecule has 1 aliphatic heterocycles. The third-order valence-corrected chi connectivity index (χ3v) is 5.51. The van der Waals surface area contributed by atoms with Crippen LogP contribution in [0.3, 0.4) is 0 Å². The van der Waals surface area contributed by atoms with E-state index in [-0.39, 0.29) is 35.8 Å². The van der Waals surface area contributed by atoms with Gasteiger partial charge in [0.15, 0.2) is 5.96 Å². The summed E-state index contributed by atoms with van der Waals surface area (Å²) in [6.07, 6.45) is 1.87. The summed E-state index contributed by atoms with van der Waals surface area (Å²) in [5.74, 6) is 0.497. The topological polar surface area (TPSA) is 78.8 Å². The molecule has 0 aliphatic carbocycles. The normalized spacial score (nSPS) is 15.4. The molecular formula is C20H28IN5O2S. The van der Waals surface area contributed by atoms with Crippen LogP contribution in [0.1, 0.15) is 21.4 Å².